The summed E-state index contributed by atoms with van der Waals surface area (Å²) in [5, 5.41) is 20.8. The smallest absolute Gasteiger partial charge is 0.323 e. The van der Waals surface area contributed by atoms with Crippen molar-refractivity contribution in [1.82, 2.24) is 5.32 Å². The number of halogens is 1. The highest BCUT2D eigenvalue weighted by Gasteiger charge is 2.43. The molecule has 0 aromatic heterocycles. The molecule has 0 atom stereocenters. The van der Waals surface area contributed by atoms with E-state index in [1.165, 1.54) is 6.07 Å². The Balaban J connectivity index is 2.09. The number of nitriles is 1. The molecule has 0 amide bonds. The summed E-state index contributed by atoms with van der Waals surface area (Å²) in [7, 11) is 0. The summed E-state index contributed by atoms with van der Waals surface area (Å²) in [5.74, 6) is -1.35. The molecule has 94 valence electrons. The van der Waals surface area contributed by atoms with E-state index in [9.17, 15) is 9.18 Å². The van der Waals surface area contributed by atoms with Crippen molar-refractivity contribution in [2.75, 3.05) is 0 Å². The van der Waals surface area contributed by atoms with Crippen molar-refractivity contribution in [2.24, 2.45) is 0 Å². The van der Waals surface area contributed by atoms with Gasteiger partial charge in [-0.3, -0.25) is 10.1 Å². The predicted octanol–water partition coefficient (Wildman–Crippen LogP) is 1.79. The van der Waals surface area contributed by atoms with Gasteiger partial charge in [0.25, 0.3) is 0 Å². The SMILES string of the molecule is N#Cc1cc(F)cc(CNC2(C(=O)O)CCC2)c1. The van der Waals surface area contributed by atoms with Gasteiger partial charge in [0.15, 0.2) is 0 Å². The molecule has 1 aliphatic rings. The molecular formula is C13H13FN2O2. The molecular weight excluding hydrogens is 235 g/mol. The van der Waals surface area contributed by atoms with Crippen molar-refractivity contribution in [3.05, 3.63) is 35.1 Å². The zero-order chi connectivity index (χ0) is 13.2. The summed E-state index contributed by atoms with van der Waals surface area (Å²) in [6.45, 7) is 0.249. The van der Waals surface area contributed by atoms with Crippen LogP contribution in [0.2, 0.25) is 0 Å². The molecule has 18 heavy (non-hydrogen) atoms. The molecule has 0 heterocycles. The Morgan fingerprint density at radius 1 is 1.50 bits per heavy atom. The second-order valence-corrected chi connectivity index (χ2v) is 4.55. The van der Waals surface area contributed by atoms with Gasteiger partial charge in [0, 0.05) is 6.54 Å². The largest absolute Gasteiger partial charge is 0.480 e. The monoisotopic (exact) mass is 248 g/mol. The summed E-state index contributed by atoms with van der Waals surface area (Å²) in [5.41, 5.74) is -0.0529. The Kier molecular flexibility index (Phi) is 3.30. The topological polar surface area (TPSA) is 73.1 Å². The van der Waals surface area contributed by atoms with Crippen molar-refractivity contribution in [1.29, 1.82) is 5.26 Å². The first-order valence-electron chi connectivity index (χ1n) is 5.74. The first-order valence-corrected chi connectivity index (χ1v) is 5.74. The second-order valence-electron chi connectivity index (χ2n) is 4.55. The number of hydrogen-bond acceptors (Lipinski definition) is 3. The van der Waals surface area contributed by atoms with Gasteiger partial charge < -0.3 is 5.11 Å². The van der Waals surface area contributed by atoms with Crippen LogP contribution in [0.1, 0.15) is 30.4 Å². The van der Waals surface area contributed by atoms with Crippen LogP contribution < -0.4 is 5.32 Å². The van der Waals surface area contributed by atoms with Crippen molar-refractivity contribution < 1.29 is 14.3 Å². The number of hydrogen-bond donors (Lipinski definition) is 2. The first-order chi connectivity index (χ1) is 8.55. The van der Waals surface area contributed by atoms with Crippen molar-refractivity contribution >= 4 is 5.97 Å². The van der Waals surface area contributed by atoms with Crippen molar-refractivity contribution in [3.8, 4) is 6.07 Å². The molecule has 0 spiro atoms. The maximum absolute atomic E-state index is 13.2. The number of carboxylic acids is 1. The van der Waals surface area contributed by atoms with E-state index < -0.39 is 17.3 Å². The molecule has 5 heteroatoms. The van der Waals surface area contributed by atoms with E-state index in [1.807, 2.05) is 6.07 Å². The Hall–Kier alpha value is -1.93. The minimum Gasteiger partial charge on any atom is -0.480 e. The Morgan fingerprint density at radius 2 is 2.22 bits per heavy atom. The molecule has 1 aliphatic carbocycles. The number of carboxylic acid groups (broad SMARTS) is 1. The molecule has 0 saturated heterocycles. The summed E-state index contributed by atoms with van der Waals surface area (Å²) in [6, 6.07) is 5.89. The number of rotatable bonds is 4. The van der Waals surface area contributed by atoms with Gasteiger partial charge in [-0.15, -0.1) is 0 Å². The highest BCUT2D eigenvalue weighted by Crippen LogP contribution is 2.32. The minimum absolute atomic E-state index is 0.241. The molecule has 1 aromatic carbocycles. The fourth-order valence-corrected chi connectivity index (χ4v) is 2.08. The van der Waals surface area contributed by atoms with E-state index in [-0.39, 0.29) is 12.1 Å². The van der Waals surface area contributed by atoms with E-state index in [4.69, 9.17) is 10.4 Å². The van der Waals surface area contributed by atoms with Gasteiger partial charge in [0.2, 0.25) is 0 Å². The normalized spacial score (nSPS) is 16.7. The summed E-state index contributed by atoms with van der Waals surface area (Å²) < 4.78 is 13.2. The maximum atomic E-state index is 13.2. The summed E-state index contributed by atoms with van der Waals surface area (Å²) in [6.07, 6.45) is 2.05. The van der Waals surface area contributed by atoms with Gasteiger partial charge in [0.1, 0.15) is 11.4 Å². The summed E-state index contributed by atoms with van der Waals surface area (Å²) in [4.78, 5) is 11.1. The van der Waals surface area contributed by atoms with Crippen LogP contribution in [0.4, 0.5) is 4.39 Å². The van der Waals surface area contributed by atoms with Gasteiger partial charge in [-0.1, -0.05) is 0 Å². The van der Waals surface area contributed by atoms with Crippen LogP contribution in [0.3, 0.4) is 0 Å². The summed E-state index contributed by atoms with van der Waals surface area (Å²) >= 11 is 0. The number of aliphatic carboxylic acids is 1. The van der Waals surface area contributed by atoms with Gasteiger partial charge >= 0.3 is 5.97 Å². The lowest BCUT2D eigenvalue weighted by molar-refractivity contribution is -0.148. The Morgan fingerprint density at radius 3 is 2.72 bits per heavy atom. The van der Waals surface area contributed by atoms with Gasteiger partial charge in [-0.05, 0) is 43.0 Å². The molecule has 2 N–H and O–H groups in total. The van der Waals surface area contributed by atoms with Crippen LogP contribution in [0, 0.1) is 17.1 Å². The molecule has 0 aliphatic heterocycles. The lowest BCUT2D eigenvalue weighted by atomic mass is 9.76. The van der Waals surface area contributed by atoms with Crippen LogP contribution in [-0.2, 0) is 11.3 Å². The Labute approximate surface area is 104 Å². The van der Waals surface area contributed by atoms with Crippen LogP contribution in [0.5, 0.6) is 0 Å². The van der Waals surface area contributed by atoms with E-state index in [0.717, 1.165) is 12.5 Å². The molecule has 1 fully saturated rings. The van der Waals surface area contributed by atoms with E-state index in [0.29, 0.717) is 18.4 Å². The molecule has 0 unspecified atom stereocenters. The highest BCUT2D eigenvalue weighted by molar-refractivity contribution is 5.79. The van der Waals surface area contributed by atoms with Crippen LogP contribution in [0.15, 0.2) is 18.2 Å². The standard InChI is InChI=1S/C13H13FN2O2/c14-11-5-9(7-15)4-10(6-11)8-16-13(12(17)18)2-1-3-13/h4-6,16H,1-3,8H2,(H,17,18). The van der Waals surface area contributed by atoms with E-state index in [2.05, 4.69) is 5.32 Å². The lowest BCUT2D eigenvalue weighted by Crippen LogP contribution is -2.56. The molecule has 1 saturated carbocycles. The molecule has 0 bridgehead atoms. The molecule has 0 radical (unpaired) electrons. The fourth-order valence-electron chi connectivity index (χ4n) is 2.08. The average molecular weight is 248 g/mol. The maximum Gasteiger partial charge on any atom is 0.323 e. The molecule has 4 nitrogen and oxygen atoms in total. The third-order valence-electron chi connectivity index (χ3n) is 3.33. The van der Waals surface area contributed by atoms with Crippen LogP contribution >= 0.6 is 0 Å². The third kappa shape index (κ3) is 2.34. The van der Waals surface area contributed by atoms with Crippen LogP contribution in [0.25, 0.3) is 0 Å². The first kappa shape index (κ1) is 12.5. The van der Waals surface area contributed by atoms with Gasteiger partial charge in [0.05, 0.1) is 11.6 Å². The zero-order valence-electron chi connectivity index (χ0n) is 9.74. The highest BCUT2D eigenvalue weighted by atomic mass is 19.1. The molecule has 1 aromatic rings. The zero-order valence-corrected chi connectivity index (χ0v) is 9.74. The van der Waals surface area contributed by atoms with Crippen molar-refractivity contribution in [3.63, 3.8) is 0 Å². The average Bonchev–Trinajstić information content (AvgIpc) is 2.26. The van der Waals surface area contributed by atoms with Gasteiger partial charge in [-0.2, -0.15) is 5.26 Å². The number of nitrogens with one attached hydrogen (secondary N) is 1. The Bertz CT molecular complexity index is 518. The quantitative estimate of drug-likeness (QED) is 0.852. The van der Waals surface area contributed by atoms with E-state index >= 15 is 0 Å². The predicted molar refractivity (Wildman–Crippen MR) is 62.2 cm³/mol. The third-order valence-corrected chi connectivity index (χ3v) is 3.33. The fraction of sp³-hybridized carbons (Fsp3) is 0.385. The van der Waals surface area contributed by atoms with Gasteiger partial charge in [-0.25, -0.2) is 4.39 Å². The van der Waals surface area contributed by atoms with Crippen LogP contribution in [-0.4, -0.2) is 16.6 Å². The van der Waals surface area contributed by atoms with E-state index in [1.54, 1.807) is 6.07 Å². The second kappa shape index (κ2) is 4.75. The number of nitrogens with zero attached hydrogens (tertiary/aromatic N) is 1. The number of benzene rings is 1. The number of carbonyl (C=O) groups is 1. The minimum atomic E-state index is -0.876. The molecule has 2 rings (SSSR count). The lowest BCUT2D eigenvalue weighted by Gasteiger charge is -2.38. The van der Waals surface area contributed by atoms with Crippen molar-refractivity contribution in [2.45, 2.75) is 31.3 Å².